The van der Waals surface area contributed by atoms with Gasteiger partial charge in [-0.05, 0) is 18.4 Å². The fourth-order valence-electron chi connectivity index (χ4n) is 4.23. The van der Waals surface area contributed by atoms with Crippen molar-refractivity contribution in [3.63, 3.8) is 0 Å². The van der Waals surface area contributed by atoms with Crippen LogP contribution in [0.2, 0.25) is 0 Å². The van der Waals surface area contributed by atoms with Crippen LogP contribution in [0.1, 0.15) is 45.4 Å². The zero-order valence-electron chi connectivity index (χ0n) is 17.8. The number of imidazole rings is 1. The largest absolute Gasteiger partial charge is 0.455 e. The molecule has 0 amide bonds. The van der Waals surface area contributed by atoms with E-state index in [0.29, 0.717) is 25.1 Å². The summed E-state index contributed by atoms with van der Waals surface area (Å²) in [7, 11) is 0. The Balaban J connectivity index is 1.74. The van der Waals surface area contributed by atoms with Crippen molar-refractivity contribution < 1.29 is 19.0 Å². The summed E-state index contributed by atoms with van der Waals surface area (Å²) < 4.78 is 20.2. The lowest BCUT2D eigenvalue weighted by atomic mass is 9.89. The molecule has 0 saturated carbocycles. The van der Waals surface area contributed by atoms with Crippen LogP contribution in [0.4, 0.5) is 0 Å². The van der Waals surface area contributed by atoms with E-state index < -0.39 is 30.0 Å². The quantitative estimate of drug-likeness (QED) is 0.579. The number of fused-ring (bicyclic) bond motifs is 1. The van der Waals surface area contributed by atoms with E-state index in [9.17, 15) is 9.59 Å². The van der Waals surface area contributed by atoms with E-state index in [1.807, 2.05) is 44.2 Å². The van der Waals surface area contributed by atoms with Crippen molar-refractivity contribution in [2.24, 2.45) is 0 Å². The molecule has 1 fully saturated rings. The SMILES string of the molecule is CCC1(CC)O[C@@H](n2cnc3c(=O)[nH]cnc32)[C@@H](OC(C)=O)C1OCc1ccccc1. The lowest BCUT2D eigenvalue weighted by molar-refractivity contribution is -0.158. The van der Waals surface area contributed by atoms with Crippen LogP contribution in [0.3, 0.4) is 0 Å². The molecule has 1 saturated heterocycles. The zero-order valence-corrected chi connectivity index (χ0v) is 17.8. The van der Waals surface area contributed by atoms with Crippen LogP contribution in [0.15, 0.2) is 47.8 Å². The molecule has 9 heteroatoms. The number of carbonyl (C=O) groups is 1. The number of rotatable bonds is 7. The van der Waals surface area contributed by atoms with E-state index in [-0.39, 0.29) is 11.1 Å². The highest BCUT2D eigenvalue weighted by Crippen LogP contribution is 2.45. The fraction of sp³-hybridized carbons (Fsp3) is 0.455. The first-order chi connectivity index (χ1) is 15.0. The number of esters is 1. The number of hydrogen-bond acceptors (Lipinski definition) is 7. The van der Waals surface area contributed by atoms with Crippen LogP contribution in [0, 0.1) is 0 Å². The molecule has 3 aromatic rings. The highest BCUT2D eigenvalue weighted by Gasteiger charge is 2.56. The van der Waals surface area contributed by atoms with E-state index >= 15 is 0 Å². The second-order valence-corrected chi connectivity index (χ2v) is 7.63. The van der Waals surface area contributed by atoms with Crippen molar-refractivity contribution in [2.75, 3.05) is 0 Å². The Morgan fingerprint density at radius 2 is 1.97 bits per heavy atom. The summed E-state index contributed by atoms with van der Waals surface area (Å²) in [6.07, 6.45) is 2.12. The minimum absolute atomic E-state index is 0.194. The van der Waals surface area contributed by atoms with Crippen molar-refractivity contribution in [2.45, 2.75) is 64.3 Å². The molecule has 0 spiro atoms. The topological polar surface area (TPSA) is 108 Å². The molecular weight excluding hydrogens is 400 g/mol. The van der Waals surface area contributed by atoms with E-state index in [4.69, 9.17) is 14.2 Å². The third-order valence-electron chi connectivity index (χ3n) is 5.86. The predicted molar refractivity (Wildman–Crippen MR) is 112 cm³/mol. The van der Waals surface area contributed by atoms with Gasteiger partial charge in [0.2, 0.25) is 0 Å². The summed E-state index contributed by atoms with van der Waals surface area (Å²) >= 11 is 0. The normalized spacial score (nSPS) is 22.6. The number of ether oxygens (including phenoxy) is 3. The average Bonchev–Trinajstić information content (AvgIpc) is 3.33. The summed E-state index contributed by atoms with van der Waals surface area (Å²) in [6.45, 7) is 5.75. The van der Waals surface area contributed by atoms with Gasteiger partial charge in [-0.2, -0.15) is 0 Å². The zero-order chi connectivity index (χ0) is 22.0. The van der Waals surface area contributed by atoms with Crippen molar-refractivity contribution >= 4 is 17.1 Å². The van der Waals surface area contributed by atoms with Gasteiger partial charge in [-0.25, -0.2) is 9.97 Å². The molecule has 0 aliphatic carbocycles. The second kappa shape index (κ2) is 8.60. The van der Waals surface area contributed by atoms with Gasteiger partial charge < -0.3 is 19.2 Å². The predicted octanol–water partition coefficient (Wildman–Crippen LogP) is 2.72. The van der Waals surface area contributed by atoms with Gasteiger partial charge in [0.1, 0.15) is 11.7 Å². The van der Waals surface area contributed by atoms with Gasteiger partial charge in [-0.3, -0.25) is 14.2 Å². The van der Waals surface area contributed by atoms with Gasteiger partial charge in [0.15, 0.2) is 23.5 Å². The van der Waals surface area contributed by atoms with E-state index in [2.05, 4.69) is 15.0 Å². The average molecular weight is 426 g/mol. The maximum Gasteiger partial charge on any atom is 0.303 e. The standard InChI is InChI=1S/C22H26N4O5/c1-4-22(5-2)18(29-11-15-9-7-6-8-10-15)17(30-14(3)27)21(31-22)26-13-25-16-19(26)23-12-24-20(16)28/h6-10,12-13,17-18,21H,4-5,11H2,1-3H3,(H,23,24,28)/t17-,18?,21+/m0/s1. The number of carbonyl (C=O) groups excluding carboxylic acids is 1. The van der Waals surface area contributed by atoms with Crippen LogP contribution in [0.5, 0.6) is 0 Å². The highest BCUT2D eigenvalue weighted by molar-refractivity contribution is 5.69. The molecule has 3 heterocycles. The Kier molecular flexibility index (Phi) is 5.88. The third kappa shape index (κ3) is 3.86. The summed E-state index contributed by atoms with van der Waals surface area (Å²) in [5.74, 6) is -0.440. The molecule has 4 rings (SSSR count). The molecular formula is C22H26N4O5. The van der Waals surface area contributed by atoms with Gasteiger partial charge in [-0.15, -0.1) is 0 Å². The van der Waals surface area contributed by atoms with Crippen LogP contribution in [0.25, 0.3) is 11.2 Å². The van der Waals surface area contributed by atoms with Crippen LogP contribution < -0.4 is 5.56 Å². The van der Waals surface area contributed by atoms with Gasteiger partial charge in [-0.1, -0.05) is 44.2 Å². The van der Waals surface area contributed by atoms with Gasteiger partial charge in [0.05, 0.1) is 19.3 Å². The summed E-state index contributed by atoms with van der Waals surface area (Å²) in [6, 6.07) is 9.80. The molecule has 1 aliphatic heterocycles. The van der Waals surface area contributed by atoms with Gasteiger partial charge in [0, 0.05) is 6.92 Å². The lowest BCUT2D eigenvalue weighted by Gasteiger charge is -2.33. The minimum Gasteiger partial charge on any atom is -0.455 e. The number of nitrogens with zero attached hydrogens (tertiary/aromatic N) is 3. The maximum absolute atomic E-state index is 12.1. The number of nitrogens with one attached hydrogen (secondary N) is 1. The smallest absolute Gasteiger partial charge is 0.303 e. The molecule has 1 N–H and O–H groups in total. The highest BCUT2D eigenvalue weighted by atomic mass is 16.6. The number of hydrogen-bond donors (Lipinski definition) is 1. The van der Waals surface area contributed by atoms with Gasteiger partial charge >= 0.3 is 5.97 Å². The Labute approximate surface area is 179 Å². The van der Waals surface area contributed by atoms with Crippen molar-refractivity contribution in [3.05, 3.63) is 58.9 Å². The molecule has 2 aromatic heterocycles. The number of benzene rings is 1. The monoisotopic (exact) mass is 426 g/mol. The van der Waals surface area contributed by atoms with Crippen molar-refractivity contribution in [1.29, 1.82) is 0 Å². The summed E-state index contributed by atoms with van der Waals surface area (Å²) in [5, 5.41) is 0. The van der Waals surface area contributed by atoms with E-state index in [0.717, 1.165) is 5.56 Å². The van der Waals surface area contributed by atoms with Crippen LogP contribution in [-0.2, 0) is 25.6 Å². The summed E-state index contributed by atoms with van der Waals surface area (Å²) in [4.78, 5) is 35.1. The Morgan fingerprint density at radius 3 is 2.65 bits per heavy atom. The van der Waals surface area contributed by atoms with Gasteiger partial charge in [0.25, 0.3) is 5.56 Å². The second-order valence-electron chi connectivity index (χ2n) is 7.63. The van der Waals surface area contributed by atoms with Crippen LogP contribution >= 0.6 is 0 Å². The Morgan fingerprint density at radius 1 is 1.23 bits per heavy atom. The van der Waals surface area contributed by atoms with Crippen LogP contribution in [-0.4, -0.2) is 43.3 Å². The van der Waals surface area contributed by atoms with E-state index in [1.54, 1.807) is 4.57 Å². The maximum atomic E-state index is 12.1. The molecule has 0 bridgehead atoms. The van der Waals surface area contributed by atoms with Crippen molar-refractivity contribution in [3.8, 4) is 0 Å². The first-order valence-corrected chi connectivity index (χ1v) is 10.4. The van der Waals surface area contributed by atoms with Crippen molar-refractivity contribution in [1.82, 2.24) is 19.5 Å². The minimum atomic E-state index is -0.736. The number of aromatic amines is 1. The first-order valence-electron chi connectivity index (χ1n) is 10.4. The number of aromatic nitrogens is 4. The fourth-order valence-corrected chi connectivity index (χ4v) is 4.23. The molecule has 1 aliphatic rings. The Hall–Kier alpha value is -3.04. The van der Waals surface area contributed by atoms with E-state index in [1.165, 1.54) is 19.6 Å². The molecule has 1 aromatic carbocycles. The lowest BCUT2D eigenvalue weighted by Crippen LogP contribution is -2.45. The molecule has 3 atom stereocenters. The number of H-pyrrole nitrogens is 1. The Bertz CT molecular complexity index is 1110. The molecule has 9 nitrogen and oxygen atoms in total. The molecule has 164 valence electrons. The molecule has 0 radical (unpaired) electrons. The molecule has 1 unspecified atom stereocenters. The third-order valence-corrected chi connectivity index (χ3v) is 5.86. The summed E-state index contributed by atoms with van der Waals surface area (Å²) in [5.41, 5.74) is 0.530. The first kappa shape index (κ1) is 21.2. The molecule has 31 heavy (non-hydrogen) atoms.